The van der Waals surface area contributed by atoms with E-state index in [4.69, 9.17) is 4.74 Å². The zero-order valence-corrected chi connectivity index (χ0v) is 11.5. The van der Waals surface area contributed by atoms with Crippen LogP contribution in [0, 0.1) is 13.8 Å². The van der Waals surface area contributed by atoms with Crippen molar-refractivity contribution < 1.29 is 9.84 Å². The van der Waals surface area contributed by atoms with E-state index in [1.54, 1.807) is 7.11 Å². The molecule has 100 valence electrons. The van der Waals surface area contributed by atoms with Gasteiger partial charge in [-0.3, -0.25) is 0 Å². The molecule has 1 fully saturated rings. The molecule has 1 aliphatic rings. The summed E-state index contributed by atoms with van der Waals surface area (Å²) in [6, 6.07) is 4.13. The summed E-state index contributed by atoms with van der Waals surface area (Å²) in [6.45, 7) is 5.95. The van der Waals surface area contributed by atoms with E-state index in [0.29, 0.717) is 0 Å². The minimum Gasteiger partial charge on any atom is -0.496 e. The summed E-state index contributed by atoms with van der Waals surface area (Å²) in [5, 5.41) is 14.3. The molecule has 1 aromatic rings. The Morgan fingerprint density at radius 2 is 2.00 bits per heavy atom. The summed E-state index contributed by atoms with van der Waals surface area (Å²) < 4.78 is 5.49. The van der Waals surface area contributed by atoms with Crippen LogP contribution < -0.4 is 10.1 Å². The van der Waals surface area contributed by atoms with Crippen LogP contribution in [-0.4, -0.2) is 25.3 Å². The fourth-order valence-corrected chi connectivity index (χ4v) is 2.99. The highest BCUT2D eigenvalue weighted by Crippen LogP contribution is 2.39. The van der Waals surface area contributed by atoms with Crippen LogP contribution in [0.25, 0.3) is 0 Å². The summed E-state index contributed by atoms with van der Waals surface area (Å²) in [5.74, 6) is 0.817. The number of methoxy groups -OCH3 is 1. The molecule has 0 spiro atoms. The van der Waals surface area contributed by atoms with Crippen molar-refractivity contribution in [2.75, 3.05) is 20.2 Å². The summed E-state index contributed by atoms with van der Waals surface area (Å²) >= 11 is 0. The molecule has 1 atom stereocenters. The average Bonchev–Trinajstić information content (AvgIpc) is 2.53. The van der Waals surface area contributed by atoms with Gasteiger partial charge in [0.05, 0.1) is 12.7 Å². The second-order valence-corrected chi connectivity index (χ2v) is 5.29. The normalized spacial score (nSPS) is 24.7. The number of nitrogens with one attached hydrogen (secondary N) is 1. The molecule has 0 aliphatic carbocycles. The third kappa shape index (κ3) is 2.52. The number of hydrogen-bond donors (Lipinski definition) is 2. The molecule has 1 aliphatic heterocycles. The van der Waals surface area contributed by atoms with Gasteiger partial charge in [-0.15, -0.1) is 0 Å². The minimum atomic E-state index is -0.757. The van der Waals surface area contributed by atoms with Crippen molar-refractivity contribution in [1.29, 1.82) is 0 Å². The number of aryl methyl sites for hydroxylation is 2. The Morgan fingerprint density at radius 1 is 1.22 bits per heavy atom. The van der Waals surface area contributed by atoms with Gasteiger partial charge < -0.3 is 15.2 Å². The largest absolute Gasteiger partial charge is 0.496 e. The number of hydrogen-bond acceptors (Lipinski definition) is 3. The molecular formula is C15H23NO2. The summed E-state index contributed by atoms with van der Waals surface area (Å²) in [7, 11) is 1.68. The lowest BCUT2D eigenvalue weighted by atomic mass is 9.83. The lowest BCUT2D eigenvalue weighted by Crippen LogP contribution is -2.28. The monoisotopic (exact) mass is 249 g/mol. The van der Waals surface area contributed by atoms with Crippen LogP contribution in [0.4, 0.5) is 0 Å². The summed E-state index contributed by atoms with van der Waals surface area (Å²) in [5.41, 5.74) is 2.51. The number of aliphatic hydroxyl groups is 1. The van der Waals surface area contributed by atoms with Gasteiger partial charge >= 0.3 is 0 Å². The standard InChI is InChI=1S/C15H23NO2/c1-11-9-12(2)14(13(10-11)18-3)15(17)5-4-7-16-8-6-15/h9-10,16-17H,4-8H2,1-3H3. The van der Waals surface area contributed by atoms with E-state index in [0.717, 1.165) is 49.2 Å². The zero-order chi connectivity index (χ0) is 13.2. The Morgan fingerprint density at radius 3 is 2.72 bits per heavy atom. The first kappa shape index (κ1) is 13.4. The van der Waals surface area contributed by atoms with Crippen LogP contribution in [0.15, 0.2) is 12.1 Å². The predicted octanol–water partition coefficient (Wildman–Crippen LogP) is 2.27. The van der Waals surface area contributed by atoms with Crippen LogP contribution in [0.2, 0.25) is 0 Å². The van der Waals surface area contributed by atoms with Crippen molar-refractivity contribution >= 4 is 0 Å². The smallest absolute Gasteiger partial charge is 0.125 e. The Labute approximate surface area is 109 Å². The molecule has 0 bridgehead atoms. The molecule has 0 aromatic heterocycles. The van der Waals surface area contributed by atoms with Crippen molar-refractivity contribution in [3.8, 4) is 5.75 Å². The van der Waals surface area contributed by atoms with Gasteiger partial charge in [0.1, 0.15) is 5.75 Å². The van der Waals surface area contributed by atoms with Gasteiger partial charge in [-0.2, -0.15) is 0 Å². The summed E-state index contributed by atoms with van der Waals surface area (Å²) in [4.78, 5) is 0. The maximum absolute atomic E-state index is 11.0. The van der Waals surface area contributed by atoms with Gasteiger partial charge in [0.2, 0.25) is 0 Å². The SMILES string of the molecule is COc1cc(C)cc(C)c1C1(O)CCCNCC1. The Kier molecular flexibility index (Phi) is 3.93. The molecule has 3 heteroatoms. The van der Waals surface area contributed by atoms with Gasteiger partial charge in [0.25, 0.3) is 0 Å². The van der Waals surface area contributed by atoms with E-state index < -0.39 is 5.60 Å². The topological polar surface area (TPSA) is 41.5 Å². The van der Waals surface area contributed by atoms with E-state index in [9.17, 15) is 5.11 Å². The number of ether oxygens (including phenoxy) is 1. The first-order valence-electron chi connectivity index (χ1n) is 6.65. The highest BCUT2D eigenvalue weighted by molar-refractivity contribution is 5.46. The quantitative estimate of drug-likeness (QED) is 0.845. The third-order valence-electron chi connectivity index (χ3n) is 3.79. The molecule has 2 rings (SSSR count). The van der Waals surface area contributed by atoms with Crippen molar-refractivity contribution in [2.24, 2.45) is 0 Å². The highest BCUT2D eigenvalue weighted by Gasteiger charge is 2.34. The second kappa shape index (κ2) is 5.29. The van der Waals surface area contributed by atoms with Crippen LogP contribution in [-0.2, 0) is 5.60 Å². The van der Waals surface area contributed by atoms with Crippen molar-refractivity contribution in [3.63, 3.8) is 0 Å². The molecule has 2 N–H and O–H groups in total. The van der Waals surface area contributed by atoms with E-state index >= 15 is 0 Å². The van der Waals surface area contributed by atoms with Gasteiger partial charge in [-0.1, -0.05) is 6.07 Å². The Bertz CT molecular complexity index is 421. The van der Waals surface area contributed by atoms with E-state index in [1.165, 1.54) is 5.56 Å². The number of rotatable bonds is 2. The Hall–Kier alpha value is -1.06. The van der Waals surface area contributed by atoms with Gasteiger partial charge in [-0.05, 0) is 63.4 Å². The van der Waals surface area contributed by atoms with Crippen LogP contribution in [0.1, 0.15) is 36.0 Å². The molecule has 1 saturated heterocycles. The van der Waals surface area contributed by atoms with Crippen LogP contribution >= 0.6 is 0 Å². The molecule has 0 saturated carbocycles. The van der Waals surface area contributed by atoms with E-state index in [1.807, 2.05) is 6.07 Å². The minimum absolute atomic E-state index is 0.743. The molecule has 0 amide bonds. The summed E-state index contributed by atoms with van der Waals surface area (Å²) in [6.07, 6.45) is 2.53. The first-order valence-corrected chi connectivity index (χ1v) is 6.65. The lowest BCUT2D eigenvalue weighted by molar-refractivity contribution is 0.0211. The van der Waals surface area contributed by atoms with E-state index in [2.05, 4.69) is 25.2 Å². The van der Waals surface area contributed by atoms with E-state index in [-0.39, 0.29) is 0 Å². The lowest BCUT2D eigenvalue weighted by Gasteiger charge is -2.30. The fourth-order valence-electron chi connectivity index (χ4n) is 2.99. The second-order valence-electron chi connectivity index (χ2n) is 5.29. The molecule has 3 nitrogen and oxygen atoms in total. The molecule has 0 radical (unpaired) electrons. The predicted molar refractivity (Wildman–Crippen MR) is 73.1 cm³/mol. The highest BCUT2D eigenvalue weighted by atomic mass is 16.5. The molecule has 1 aromatic carbocycles. The fraction of sp³-hybridized carbons (Fsp3) is 0.600. The Balaban J connectivity index is 2.47. The molecule has 1 heterocycles. The first-order chi connectivity index (χ1) is 8.57. The maximum Gasteiger partial charge on any atom is 0.125 e. The average molecular weight is 249 g/mol. The molecule has 18 heavy (non-hydrogen) atoms. The van der Waals surface area contributed by atoms with Crippen molar-refractivity contribution in [3.05, 3.63) is 28.8 Å². The zero-order valence-electron chi connectivity index (χ0n) is 11.5. The van der Waals surface area contributed by atoms with Gasteiger partial charge in [0.15, 0.2) is 0 Å². The van der Waals surface area contributed by atoms with Gasteiger partial charge in [-0.25, -0.2) is 0 Å². The molecular weight excluding hydrogens is 226 g/mol. The molecule has 1 unspecified atom stereocenters. The van der Waals surface area contributed by atoms with Crippen LogP contribution in [0.5, 0.6) is 5.75 Å². The number of benzene rings is 1. The van der Waals surface area contributed by atoms with Crippen LogP contribution in [0.3, 0.4) is 0 Å². The van der Waals surface area contributed by atoms with Gasteiger partial charge in [0, 0.05) is 5.56 Å². The van der Waals surface area contributed by atoms with Crippen molar-refractivity contribution in [1.82, 2.24) is 5.32 Å². The van der Waals surface area contributed by atoms with Crippen molar-refractivity contribution in [2.45, 2.75) is 38.7 Å². The maximum atomic E-state index is 11.0. The third-order valence-corrected chi connectivity index (χ3v) is 3.79.